The smallest absolute Gasteiger partial charge is 0.0679 e. The van der Waals surface area contributed by atoms with E-state index in [-0.39, 0.29) is 41.0 Å². The van der Waals surface area contributed by atoms with Crippen molar-refractivity contribution in [2.75, 3.05) is 21.1 Å². The van der Waals surface area contributed by atoms with Crippen LogP contribution in [0, 0.1) is 0 Å². The summed E-state index contributed by atoms with van der Waals surface area (Å²) in [5, 5.41) is 0. The summed E-state index contributed by atoms with van der Waals surface area (Å²) in [6.45, 7) is 2.26. The Hall–Kier alpha value is -0.0905. The van der Waals surface area contributed by atoms with Crippen LogP contribution in [0.25, 0.3) is 0 Å². The zero-order valence-corrected chi connectivity index (χ0v) is 14.7. The molecule has 0 aliphatic carbocycles. The van der Waals surface area contributed by atoms with Crippen LogP contribution in [-0.2, 0) is 17.1 Å². The van der Waals surface area contributed by atoms with Gasteiger partial charge < -0.3 is 58.8 Å². The Kier molecular flexibility index (Phi) is 11.0. The van der Waals surface area contributed by atoms with Gasteiger partial charge in [0.15, 0.2) is 0 Å². The first-order valence-corrected chi connectivity index (χ1v) is 5.71. The fraction of sp³-hybridized carbons (Fsp3) is 0.333. The largest absolute Gasteiger partial charge is 1.00 e. The molecule has 1 nitrogen and oxygen atoms in total. The van der Waals surface area contributed by atoms with Gasteiger partial charge >= 0.3 is 0 Å². The second-order valence-electron chi connectivity index (χ2n) is 4.97. The molecule has 0 saturated heterocycles. The van der Waals surface area contributed by atoms with Crippen molar-refractivity contribution in [1.82, 2.24) is 0 Å². The molecule has 0 N–H and O–H groups in total. The van der Waals surface area contributed by atoms with Gasteiger partial charge in [0.05, 0.1) is 27.2 Å². The van der Waals surface area contributed by atoms with Crippen molar-refractivity contribution < 1.29 is 45.5 Å². The van der Waals surface area contributed by atoms with Crippen molar-refractivity contribution in [3.05, 3.63) is 60.2 Å². The standard InChI is InChI=1S/C10H17N.C5H5.Fe.HI/c1-9(11(2,3)4)10-7-5-6-8-10;1-2-4-5-3-1;;/h5-9H,1-4H3;1-5H;;1H/q;-5;;/p-1. The van der Waals surface area contributed by atoms with Crippen molar-refractivity contribution in [2.24, 2.45) is 0 Å². The summed E-state index contributed by atoms with van der Waals surface area (Å²) >= 11 is 0. The minimum Gasteiger partial charge on any atom is -1.00 e. The summed E-state index contributed by atoms with van der Waals surface area (Å²) < 4.78 is 0.990. The van der Waals surface area contributed by atoms with E-state index in [1.54, 1.807) is 0 Å². The Labute approximate surface area is 139 Å². The summed E-state index contributed by atoms with van der Waals surface area (Å²) in [5.74, 6) is 0. The summed E-state index contributed by atoms with van der Waals surface area (Å²) in [5.41, 5.74) is 1.43. The van der Waals surface area contributed by atoms with Gasteiger partial charge in [-0.1, -0.05) is 0 Å². The van der Waals surface area contributed by atoms with E-state index < -0.39 is 0 Å². The molecule has 0 bridgehead atoms. The maximum Gasteiger partial charge on any atom is 0.0679 e. The Morgan fingerprint density at radius 1 is 0.889 bits per heavy atom. The minimum absolute atomic E-state index is 0. The van der Waals surface area contributed by atoms with Gasteiger partial charge in [0.2, 0.25) is 0 Å². The van der Waals surface area contributed by atoms with Crippen LogP contribution >= 0.6 is 0 Å². The topological polar surface area (TPSA) is 0 Å². The van der Waals surface area contributed by atoms with Crippen LogP contribution in [0.15, 0.2) is 54.6 Å². The van der Waals surface area contributed by atoms with E-state index in [1.165, 1.54) is 5.56 Å². The zero-order valence-electron chi connectivity index (χ0n) is 11.5. The van der Waals surface area contributed by atoms with Gasteiger partial charge in [0.25, 0.3) is 0 Å². The summed E-state index contributed by atoms with van der Waals surface area (Å²) in [6, 6.07) is 19.2. The fourth-order valence-electron chi connectivity index (χ4n) is 1.44. The van der Waals surface area contributed by atoms with Crippen molar-refractivity contribution in [2.45, 2.75) is 13.0 Å². The quantitative estimate of drug-likeness (QED) is 0.300. The molecule has 2 aromatic carbocycles. The second-order valence-corrected chi connectivity index (χ2v) is 4.97. The summed E-state index contributed by atoms with van der Waals surface area (Å²) in [6.07, 6.45) is 0. The summed E-state index contributed by atoms with van der Waals surface area (Å²) in [4.78, 5) is 0. The van der Waals surface area contributed by atoms with E-state index in [0.29, 0.717) is 6.04 Å². The normalized spacial score (nSPS) is 11.3. The van der Waals surface area contributed by atoms with E-state index in [4.69, 9.17) is 0 Å². The third-order valence-corrected chi connectivity index (χ3v) is 2.89. The molecule has 2 rings (SSSR count). The Balaban J connectivity index is 0. The van der Waals surface area contributed by atoms with Crippen LogP contribution < -0.4 is 24.0 Å². The predicted molar refractivity (Wildman–Crippen MR) is 70.5 cm³/mol. The third kappa shape index (κ3) is 7.37. The van der Waals surface area contributed by atoms with E-state index in [2.05, 4.69) is 52.3 Å². The molecule has 2 aromatic rings. The predicted octanol–water partition coefficient (Wildman–Crippen LogP) is 0.580. The molecular weight excluding hydrogens is 377 g/mol. The van der Waals surface area contributed by atoms with E-state index >= 15 is 0 Å². The third-order valence-electron chi connectivity index (χ3n) is 2.89. The molecule has 0 aromatic heterocycles. The van der Waals surface area contributed by atoms with Gasteiger partial charge in [-0.05, 0) is 6.92 Å². The molecule has 1 unspecified atom stereocenters. The first-order valence-electron chi connectivity index (χ1n) is 5.71. The average Bonchev–Trinajstić information content (AvgIpc) is 2.91. The molecule has 0 aliphatic heterocycles. The van der Waals surface area contributed by atoms with Crippen LogP contribution in [-0.4, -0.2) is 25.6 Å². The molecule has 0 saturated carbocycles. The number of halogens is 1. The van der Waals surface area contributed by atoms with Crippen LogP contribution in [0.2, 0.25) is 0 Å². The number of rotatable bonds is 2. The minimum atomic E-state index is 0. The monoisotopic (exact) mass is 399 g/mol. The van der Waals surface area contributed by atoms with Crippen molar-refractivity contribution in [3.8, 4) is 0 Å². The molecule has 0 aliphatic rings. The second kappa shape index (κ2) is 9.79. The van der Waals surface area contributed by atoms with Gasteiger partial charge in [-0.2, -0.15) is 12.1 Å². The number of hydrogen-bond acceptors (Lipinski definition) is 0. The Morgan fingerprint density at radius 2 is 1.22 bits per heavy atom. The van der Waals surface area contributed by atoms with Gasteiger partial charge in [0, 0.05) is 17.1 Å². The van der Waals surface area contributed by atoms with Gasteiger partial charge in [-0.25, -0.2) is 12.1 Å². The molecular formula is C15H22FeIN-6. The van der Waals surface area contributed by atoms with Crippen LogP contribution in [0.3, 0.4) is 0 Å². The molecule has 18 heavy (non-hydrogen) atoms. The number of hydrogen-bond donors (Lipinski definition) is 0. The number of nitrogens with zero attached hydrogens (tertiary/aromatic N) is 1. The van der Waals surface area contributed by atoms with Crippen LogP contribution in [0.4, 0.5) is 0 Å². The zero-order chi connectivity index (χ0) is 12.0. The summed E-state index contributed by atoms with van der Waals surface area (Å²) in [7, 11) is 6.66. The van der Waals surface area contributed by atoms with Crippen LogP contribution in [0.5, 0.6) is 0 Å². The van der Waals surface area contributed by atoms with Crippen molar-refractivity contribution in [1.29, 1.82) is 0 Å². The molecule has 0 fully saturated rings. The molecule has 0 radical (unpaired) electrons. The van der Waals surface area contributed by atoms with E-state index in [9.17, 15) is 0 Å². The molecule has 3 heteroatoms. The molecule has 0 heterocycles. The van der Waals surface area contributed by atoms with E-state index in [0.717, 1.165) is 4.48 Å². The average molecular weight is 399 g/mol. The van der Waals surface area contributed by atoms with Gasteiger partial charge in [-0.3, -0.25) is 0 Å². The van der Waals surface area contributed by atoms with Gasteiger partial charge in [0.1, 0.15) is 0 Å². The van der Waals surface area contributed by atoms with Gasteiger partial charge in [-0.15, -0.1) is 5.56 Å². The van der Waals surface area contributed by atoms with Crippen molar-refractivity contribution >= 4 is 0 Å². The first-order chi connectivity index (χ1) is 7.52. The van der Waals surface area contributed by atoms with Crippen LogP contribution in [0.1, 0.15) is 18.5 Å². The molecule has 1 atom stereocenters. The maximum atomic E-state index is 2.26. The molecule has 0 spiro atoms. The number of quaternary nitrogens is 1. The SMILES string of the molecule is CC([c-]1cccc1)[N+](C)(C)C.[Fe].[I-].[cH-]1[cH-][cH-][cH-][cH-]1. The molecule has 108 valence electrons. The van der Waals surface area contributed by atoms with Crippen molar-refractivity contribution in [3.63, 3.8) is 0 Å². The molecule has 0 amide bonds. The maximum absolute atomic E-state index is 2.26. The first kappa shape index (κ1) is 20.2. The van der Waals surface area contributed by atoms with E-state index in [1.807, 2.05) is 30.3 Å². The fourth-order valence-corrected chi connectivity index (χ4v) is 1.44. The Bertz CT molecular complexity index is 342. The Morgan fingerprint density at radius 3 is 1.50 bits per heavy atom.